The predicted molar refractivity (Wildman–Crippen MR) is 82.3 cm³/mol. The number of rotatable bonds is 1. The summed E-state index contributed by atoms with van der Waals surface area (Å²) in [5, 5.41) is 1.16. The maximum Gasteiger partial charge on any atom is 0.0894 e. The van der Waals surface area contributed by atoms with E-state index < -0.39 is 0 Å². The minimum Gasteiger partial charge on any atom is -0.251 e. The van der Waals surface area contributed by atoms with E-state index in [1.807, 2.05) is 18.2 Å². The zero-order valence-corrected chi connectivity index (χ0v) is 11.1. The highest BCUT2D eigenvalue weighted by molar-refractivity contribution is 5.81. The highest BCUT2D eigenvalue weighted by Gasteiger charge is 2.09. The van der Waals surface area contributed by atoms with Crippen LogP contribution < -0.4 is 0 Å². The Labute approximate surface area is 117 Å². The molecule has 2 heterocycles. The average Bonchev–Trinajstić information content (AvgIpc) is 2.54. The molecule has 0 saturated heterocycles. The highest BCUT2D eigenvalue weighted by Crippen LogP contribution is 2.23. The lowest BCUT2D eigenvalue weighted by Crippen LogP contribution is -1.99. The van der Waals surface area contributed by atoms with Crippen LogP contribution in [0.4, 0.5) is 0 Å². The summed E-state index contributed by atoms with van der Waals surface area (Å²) in [5.41, 5.74) is 5.34. The summed E-state index contributed by atoms with van der Waals surface area (Å²) >= 11 is 0. The molecule has 96 valence electrons. The molecule has 4 rings (SSSR count). The van der Waals surface area contributed by atoms with Gasteiger partial charge in [0.25, 0.3) is 0 Å². The summed E-state index contributed by atoms with van der Waals surface area (Å²) in [4.78, 5) is 9.49. The van der Waals surface area contributed by atoms with Gasteiger partial charge in [-0.3, -0.25) is 4.98 Å². The number of hydrogen-bond donors (Lipinski definition) is 0. The Kier molecular flexibility index (Phi) is 2.59. The largest absolute Gasteiger partial charge is 0.251 e. The second-order valence-corrected chi connectivity index (χ2v) is 5.06. The minimum absolute atomic E-state index is 0.945. The van der Waals surface area contributed by atoms with Crippen LogP contribution in [0, 0.1) is 0 Å². The summed E-state index contributed by atoms with van der Waals surface area (Å²) in [5.74, 6) is 0. The fraction of sp³-hybridized carbons (Fsp3) is 0.111. The van der Waals surface area contributed by atoms with E-state index in [2.05, 4.69) is 42.5 Å². The third-order valence-corrected chi connectivity index (χ3v) is 3.72. The van der Waals surface area contributed by atoms with Crippen molar-refractivity contribution in [1.82, 2.24) is 9.97 Å². The highest BCUT2D eigenvalue weighted by atomic mass is 14.8. The van der Waals surface area contributed by atoms with Crippen molar-refractivity contribution in [3.05, 3.63) is 65.9 Å². The van der Waals surface area contributed by atoms with E-state index in [0.717, 1.165) is 35.1 Å². The average molecular weight is 258 g/mol. The van der Waals surface area contributed by atoms with Crippen LogP contribution >= 0.6 is 0 Å². The Morgan fingerprint density at radius 3 is 2.65 bits per heavy atom. The molecular weight excluding hydrogens is 244 g/mol. The van der Waals surface area contributed by atoms with Gasteiger partial charge >= 0.3 is 0 Å². The molecule has 0 bridgehead atoms. The van der Waals surface area contributed by atoms with Gasteiger partial charge in [-0.1, -0.05) is 42.5 Å². The number of fused-ring (bicyclic) bond motifs is 2. The Morgan fingerprint density at radius 1 is 0.800 bits per heavy atom. The van der Waals surface area contributed by atoms with Crippen molar-refractivity contribution in [2.45, 2.75) is 12.8 Å². The molecule has 0 aliphatic heterocycles. The van der Waals surface area contributed by atoms with Crippen LogP contribution in [0.25, 0.3) is 28.4 Å². The molecule has 0 saturated carbocycles. The fourth-order valence-corrected chi connectivity index (χ4v) is 2.65. The Bertz CT molecular complexity index is 819. The number of benzene rings is 1. The summed E-state index contributed by atoms with van der Waals surface area (Å²) in [6, 6.07) is 16.5. The van der Waals surface area contributed by atoms with Crippen LogP contribution in [0.2, 0.25) is 0 Å². The first-order chi connectivity index (χ1) is 9.90. The van der Waals surface area contributed by atoms with Crippen molar-refractivity contribution >= 4 is 17.0 Å². The monoisotopic (exact) mass is 258 g/mol. The van der Waals surface area contributed by atoms with Crippen molar-refractivity contribution in [1.29, 1.82) is 0 Å². The topological polar surface area (TPSA) is 25.8 Å². The van der Waals surface area contributed by atoms with Crippen LogP contribution in [0.3, 0.4) is 0 Å². The molecule has 0 atom stereocenters. The van der Waals surface area contributed by atoms with Crippen LogP contribution in [0.1, 0.15) is 17.7 Å². The van der Waals surface area contributed by atoms with Gasteiger partial charge in [0.15, 0.2) is 0 Å². The molecule has 0 amide bonds. The maximum absolute atomic E-state index is 4.78. The first-order valence-electron chi connectivity index (χ1n) is 6.93. The van der Waals surface area contributed by atoms with E-state index in [4.69, 9.17) is 9.97 Å². The number of nitrogens with zero attached hydrogens (tertiary/aromatic N) is 2. The van der Waals surface area contributed by atoms with Crippen LogP contribution in [-0.4, -0.2) is 9.97 Å². The molecule has 1 aromatic carbocycles. The first-order valence-corrected chi connectivity index (χ1v) is 6.93. The van der Waals surface area contributed by atoms with Gasteiger partial charge in [-0.15, -0.1) is 0 Å². The number of hydrogen-bond acceptors (Lipinski definition) is 2. The molecule has 3 aromatic rings. The first kappa shape index (κ1) is 11.4. The zero-order chi connectivity index (χ0) is 13.4. The second kappa shape index (κ2) is 4.57. The van der Waals surface area contributed by atoms with Crippen molar-refractivity contribution < 1.29 is 0 Å². The number of aryl methyl sites for hydroxylation is 1. The number of para-hydroxylation sites is 1. The van der Waals surface area contributed by atoms with Gasteiger partial charge in [0.1, 0.15) is 0 Å². The lowest BCUT2D eigenvalue weighted by atomic mass is 10.0. The Hall–Kier alpha value is -2.48. The summed E-state index contributed by atoms with van der Waals surface area (Å²) in [6.45, 7) is 0. The van der Waals surface area contributed by atoms with E-state index in [9.17, 15) is 0 Å². The quantitative estimate of drug-likeness (QED) is 0.652. The van der Waals surface area contributed by atoms with Gasteiger partial charge < -0.3 is 0 Å². The molecule has 0 fully saturated rings. The third kappa shape index (κ3) is 1.90. The smallest absolute Gasteiger partial charge is 0.0894 e. The lowest BCUT2D eigenvalue weighted by molar-refractivity contribution is 0.928. The Balaban J connectivity index is 1.84. The molecule has 0 unspecified atom stereocenters. The van der Waals surface area contributed by atoms with E-state index >= 15 is 0 Å². The molecule has 20 heavy (non-hydrogen) atoms. The summed E-state index contributed by atoms with van der Waals surface area (Å²) in [7, 11) is 0. The van der Waals surface area contributed by atoms with E-state index in [0.29, 0.717) is 0 Å². The van der Waals surface area contributed by atoms with E-state index in [1.54, 1.807) is 0 Å². The Morgan fingerprint density at radius 2 is 1.65 bits per heavy atom. The molecule has 0 N–H and O–H groups in total. The number of allylic oxidation sites excluding steroid dienone is 1. The standard InChI is InChI=1S/C18H14N2/c1-3-7-15-13(5-1)9-11-17(19-15)18-12-10-14-6-2-4-8-16(14)20-18/h1-3,5-7,9-12H,4,8H2. The normalized spacial score (nSPS) is 13.4. The third-order valence-electron chi connectivity index (χ3n) is 3.72. The molecule has 2 heteroatoms. The molecular formula is C18H14N2. The SMILES string of the molecule is C1=Cc2ccc(-c3ccc4ccccc4n3)nc2CC1. The predicted octanol–water partition coefficient (Wildman–Crippen LogP) is 4.26. The van der Waals surface area contributed by atoms with Gasteiger partial charge in [0, 0.05) is 11.1 Å². The van der Waals surface area contributed by atoms with Gasteiger partial charge in [-0.25, -0.2) is 4.98 Å². The van der Waals surface area contributed by atoms with Gasteiger partial charge in [0.05, 0.1) is 16.9 Å². The minimum atomic E-state index is 0.945. The second-order valence-electron chi connectivity index (χ2n) is 5.06. The fourth-order valence-electron chi connectivity index (χ4n) is 2.65. The van der Waals surface area contributed by atoms with Gasteiger partial charge in [0.2, 0.25) is 0 Å². The molecule has 0 spiro atoms. The van der Waals surface area contributed by atoms with E-state index in [1.165, 1.54) is 11.3 Å². The summed E-state index contributed by atoms with van der Waals surface area (Å²) < 4.78 is 0. The van der Waals surface area contributed by atoms with Crippen molar-refractivity contribution in [3.63, 3.8) is 0 Å². The number of aromatic nitrogens is 2. The van der Waals surface area contributed by atoms with E-state index in [-0.39, 0.29) is 0 Å². The number of pyridine rings is 2. The summed E-state index contributed by atoms with van der Waals surface area (Å²) in [6.07, 6.45) is 6.46. The molecule has 1 aliphatic rings. The zero-order valence-electron chi connectivity index (χ0n) is 11.1. The van der Waals surface area contributed by atoms with Crippen LogP contribution in [-0.2, 0) is 6.42 Å². The van der Waals surface area contributed by atoms with Gasteiger partial charge in [-0.05, 0) is 36.6 Å². The van der Waals surface area contributed by atoms with Crippen molar-refractivity contribution in [3.8, 4) is 11.4 Å². The lowest BCUT2D eigenvalue weighted by Gasteiger charge is -2.11. The molecule has 2 nitrogen and oxygen atoms in total. The van der Waals surface area contributed by atoms with Crippen molar-refractivity contribution in [2.24, 2.45) is 0 Å². The molecule has 1 aliphatic carbocycles. The molecule has 2 aromatic heterocycles. The van der Waals surface area contributed by atoms with Crippen molar-refractivity contribution in [2.75, 3.05) is 0 Å². The van der Waals surface area contributed by atoms with Crippen LogP contribution in [0.5, 0.6) is 0 Å². The van der Waals surface area contributed by atoms with Crippen LogP contribution in [0.15, 0.2) is 54.6 Å². The maximum atomic E-state index is 4.78. The molecule has 0 radical (unpaired) electrons. The van der Waals surface area contributed by atoms with Gasteiger partial charge in [-0.2, -0.15) is 0 Å².